The number of rotatable bonds is 7. The van der Waals surface area contributed by atoms with E-state index in [2.05, 4.69) is 17.6 Å². The number of ether oxygens (including phenoxy) is 1. The summed E-state index contributed by atoms with van der Waals surface area (Å²) >= 11 is 0. The number of carbonyl (C=O) groups is 1. The highest BCUT2D eigenvalue weighted by molar-refractivity contribution is 6.02. The topological polar surface area (TPSA) is 50.4 Å². The lowest BCUT2D eigenvalue weighted by Gasteiger charge is -2.25. The molecule has 3 rings (SSSR count). The first kappa shape index (κ1) is 14.4. The van der Waals surface area contributed by atoms with E-state index in [4.69, 9.17) is 4.74 Å². The van der Waals surface area contributed by atoms with Crippen molar-refractivity contribution in [2.75, 3.05) is 18.5 Å². The van der Waals surface area contributed by atoms with Crippen LogP contribution in [0.5, 0.6) is 5.75 Å². The molecule has 2 N–H and O–H groups in total. The maximum atomic E-state index is 12.0. The zero-order chi connectivity index (χ0) is 14.7. The van der Waals surface area contributed by atoms with Crippen LogP contribution in [0.3, 0.4) is 0 Å². The fraction of sp³-hybridized carbons (Fsp3) is 0.588. The lowest BCUT2D eigenvalue weighted by molar-refractivity contribution is -0.117. The molecule has 0 saturated heterocycles. The van der Waals surface area contributed by atoms with Crippen LogP contribution in [0.4, 0.5) is 5.69 Å². The molecule has 1 amide bonds. The monoisotopic (exact) mass is 288 g/mol. The summed E-state index contributed by atoms with van der Waals surface area (Å²) in [6.07, 6.45) is 6.25. The first-order chi connectivity index (χ1) is 10.3. The van der Waals surface area contributed by atoms with Gasteiger partial charge in [0.2, 0.25) is 5.91 Å². The van der Waals surface area contributed by atoms with Gasteiger partial charge in [-0.05, 0) is 31.4 Å². The van der Waals surface area contributed by atoms with Crippen molar-refractivity contribution in [3.05, 3.63) is 23.8 Å². The van der Waals surface area contributed by atoms with Crippen LogP contribution in [0.2, 0.25) is 0 Å². The van der Waals surface area contributed by atoms with Gasteiger partial charge in [-0.25, -0.2) is 0 Å². The molecule has 114 valence electrons. The summed E-state index contributed by atoms with van der Waals surface area (Å²) in [5.41, 5.74) is 1.91. The number of benzene rings is 1. The van der Waals surface area contributed by atoms with Crippen LogP contribution in [-0.4, -0.2) is 19.1 Å². The van der Waals surface area contributed by atoms with Crippen molar-refractivity contribution >= 4 is 11.6 Å². The molecule has 1 heterocycles. The summed E-state index contributed by atoms with van der Waals surface area (Å²) in [5.74, 6) is 1.75. The van der Waals surface area contributed by atoms with E-state index in [9.17, 15) is 4.79 Å². The van der Waals surface area contributed by atoms with Crippen molar-refractivity contribution in [1.82, 2.24) is 5.32 Å². The maximum absolute atomic E-state index is 12.0. The standard InChI is InChI=1S/C17H24N2O2/c1-2-9-18-16-14-7-6-13(11-15(14)19-17(16)20)21-10-8-12-4-3-5-12/h6-7,11-12,16,18H,2-5,8-10H2,1H3,(H,19,20). The molecule has 1 aliphatic carbocycles. The van der Waals surface area contributed by atoms with E-state index >= 15 is 0 Å². The predicted octanol–water partition coefficient (Wildman–Crippen LogP) is 3.25. The fourth-order valence-corrected chi connectivity index (χ4v) is 2.95. The summed E-state index contributed by atoms with van der Waals surface area (Å²) in [7, 11) is 0. The van der Waals surface area contributed by atoms with Crippen LogP contribution in [0.1, 0.15) is 50.6 Å². The van der Waals surface area contributed by atoms with Crippen molar-refractivity contribution in [3.8, 4) is 5.75 Å². The second-order valence-electron chi connectivity index (χ2n) is 6.06. The van der Waals surface area contributed by atoms with Gasteiger partial charge in [-0.3, -0.25) is 4.79 Å². The molecular formula is C17H24N2O2. The second-order valence-corrected chi connectivity index (χ2v) is 6.06. The summed E-state index contributed by atoms with van der Waals surface area (Å²) < 4.78 is 5.82. The molecule has 0 aromatic heterocycles. The Kier molecular flexibility index (Phi) is 4.44. The molecule has 1 unspecified atom stereocenters. The predicted molar refractivity (Wildman–Crippen MR) is 83.6 cm³/mol. The first-order valence-electron chi connectivity index (χ1n) is 8.09. The maximum Gasteiger partial charge on any atom is 0.246 e. The van der Waals surface area contributed by atoms with Gasteiger partial charge in [0.25, 0.3) is 0 Å². The molecule has 1 aliphatic heterocycles. The molecule has 1 saturated carbocycles. The van der Waals surface area contributed by atoms with E-state index in [0.29, 0.717) is 0 Å². The number of anilines is 1. The van der Waals surface area contributed by atoms with Gasteiger partial charge in [-0.15, -0.1) is 0 Å². The molecule has 0 radical (unpaired) electrons. The molecule has 1 fully saturated rings. The minimum atomic E-state index is -0.219. The van der Waals surface area contributed by atoms with Crippen molar-refractivity contribution in [1.29, 1.82) is 0 Å². The highest BCUT2D eigenvalue weighted by Crippen LogP contribution is 2.34. The normalized spacial score (nSPS) is 20.8. The second kappa shape index (κ2) is 6.48. The van der Waals surface area contributed by atoms with Crippen molar-refractivity contribution < 1.29 is 9.53 Å². The van der Waals surface area contributed by atoms with E-state index in [0.717, 1.165) is 48.9 Å². The summed E-state index contributed by atoms with van der Waals surface area (Å²) in [5, 5.41) is 6.21. The molecule has 0 spiro atoms. The molecule has 1 aromatic carbocycles. The Hall–Kier alpha value is -1.55. The molecule has 4 heteroatoms. The Morgan fingerprint density at radius 2 is 2.24 bits per heavy atom. The van der Waals surface area contributed by atoms with Crippen molar-refractivity contribution in [3.63, 3.8) is 0 Å². The van der Waals surface area contributed by atoms with E-state index in [1.54, 1.807) is 0 Å². The van der Waals surface area contributed by atoms with Crippen LogP contribution in [0.25, 0.3) is 0 Å². The van der Waals surface area contributed by atoms with Gasteiger partial charge in [0, 0.05) is 17.3 Å². The average Bonchev–Trinajstić information content (AvgIpc) is 2.74. The number of carbonyl (C=O) groups excluding carboxylic acids is 1. The largest absolute Gasteiger partial charge is 0.494 e. The Morgan fingerprint density at radius 3 is 2.95 bits per heavy atom. The molecule has 21 heavy (non-hydrogen) atoms. The molecule has 1 atom stereocenters. The smallest absolute Gasteiger partial charge is 0.246 e. The summed E-state index contributed by atoms with van der Waals surface area (Å²) in [4.78, 5) is 12.0. The van der Waals surface area contributed by atoms with Gasteiger partial charge in [0.15, 0.2) is 0 Å². The highest BCUT2D eigenvalue weighted by Gasteiger charge is 2.30. The quantitative estimate of drug-likeness (QED) is 0.809. The van der Waals surface area contributed by atoms with Gasteiger partial charge < -0.3 is 15.4 Å². The lowest BCUT2D eigenvalue weighted by Crippen LogP contribution is -2.27. The zero-order valence-corrected chi connectivity index (χ0v) is 12.7. The SMILES string of the molecule is CCCNC1C(=O)Nc2cc(OCCC3CCC3)ccc21. The van der Waals surface area contributed by atoms with Crippen LogP contribution in [0.15, 0.2) is 18.2 Å². The lowest BCUT2D eigenvalue weighted by atomic mass is 9.83. The highest BCUT2D eigenvalue weighted by atomic mass is 16.5. The van der Waals surface area contributed by atoms with Crippen molar-refractivity contribution in [2.24, 2.45) is 5.92 Å². The van der Waals surface area contributed by atoms with E-state index in [1.807, 2.05) is 18.2 Å². The summed E-state index contributed by atoms with van der Waals surface area (Å²) in [6.45, 7) is 3.71. The Balaban J connectivity index is 1.59. The molecule has 0 bridgehead atoms. The number of hydrogen-bond donors (Lipinski definition) is 2. The number of amides is 1. The van der Waals surface area contributed by atoms with E-state index in [-0.39, 0.29) is 11.9 Å². The van der Waals surface area contributed by atoms with Gasteiger partial charge in [-0.2, -0.15) is 0 Å². The Bertz CT molecular complexity index is 512. The first-order valence-corrected chi connectivity index (χ1v) is 8.09. The number of nitrogens with one attached hydrogen (secondary N) is 2. The van der Waals surface area contributed by atoms with Crippen LogP contribution >= 0.6 is 0 Å². The molecule has 1 aromatic rings. The van der Waals surface area contributed by atoms with Crippen LogP contribution < -0.4 is 15.4 Å². The van der Waals surface area contributed by atoms with Gasteiger partial charge in [0.1, 0.15) is 11.8 Å². The molecular weight excluding hydrogens is 264 g/mol. The number of fused-ring (bicyclic) bond motifs is 1. The Labute approximate surface area is 126 Å². The third-order valence-corrected chi connectivity index (χ3v) is 4.47. The fourth-order valence-electron chi connectivity index (χ4n) is 2.95. The van der Waals surface area contributed by atoms with Gasteiger partial charge >= 0.3 is 0 Å². The van der Waals surface area contributed by atoms with Gasteiger partial charge in [0.05, 0.1) is 6.61 Å². The van der Waals surface area contributed by atoms with Crippen LogP contribution in [0, 0.1) is 5.92 Å². The zero-order valence-electron chi connectivity index (χ0n) is 12.7. The molecule has 4 nitrogen and oxygen atoms in total. The van der Waals surface area contributed by atoms with E-state index in [1.165, 1.54) is 19.3 Å². The third-order valence-electron chi connectivity index (χ3n) is 4.47. The minimum absolute atomic E-state index is 0.0325. The average molecular weight is 288 g/mol. The third kappa shape index (κ3) is 3.21. The minimum Gasteiger partial charge on any atom is -0.494 e. The summed E-state index contributed by atoms with van der Waals surface area (Å²) in [6, 6.07) is 5.70. The van der Waals surface area contributed by atoms with E-state index < -0.39 is 0 Å². The van der Waals surface area contributed by atoms with Crippen LogP contribution in [-0.2, 0) is 4.79 Å². The van der Waals surface area contributed by atoms with Crippen molar-refractivity contribution in [2.45, 2.75) is 45.1 Å². The van der Waals surface area contributed by atoms with Gasteiger partial charge in [-0.1, -0.05) is 32.3 Å². The molecule has 2 aliphatic rings. The Morgan fingerprint density at radius 1 is 1.38 bits per heavy atom. The number of hydrogen-bond acceptors (Lipinski definition) is 3.